The van der Waals surface area contributed by atoms with Crippen LogP contribution < -0.4 is 5.73 Å². The first kappa shape index (κ1) is 16.6. The van der Waals surface area contributed by atoms with E-state index in [1.807, 2.05) is 20.8 Å². The van der Waals surface area contributed by atoms with Gasteiger partial charge in [-0.3, -0.25) is 4.79 Å². The van der Waals surface area contributed by atoms with Gasteiger partial charge in [0.2, 0.25) is 5.91 Å². The lowest BCUT2D eigenvalue weighted by Crippen LogP contribution is -2.49. The minimum atomic E-state index is -0.702. The summed E-state index contributed by atoms with van der Waals surface area (Å²) < 4.78 is 27.0. The minimum Gasteiger partial charge on any atom is -0.338 e. The molecule has 0 saturated carbocycles. The van der Waals surface area contributed by atoms with E-state index in [0.29, 0.717) is 0 Å². The van der Waals surface area contributed by atoms with E-state index in [9.17, 15) is 13.6 Å². The van der Waals surface area contributed by atoms with Gasteiger partial charge in [0.05, 0.1) is 12.1 Å². The maximum atomic E-state index is 13.7. The van der Waals surface area contributed by atoms with Crippen LogP contribution in [0, 0.1) is 17.0 Å². The fraction of sp³-hybridized carbons (Fsp3) is 0.533. The van der Waals surface area contributed by atoms with E-state index in [1.54, 1.807) is 14.0 Å². The van der Waals surface area contributed by atoms with Gasteiger partial charge in [0.25, 0.3) is 0 Å². The van der Waals surface area contributed by atoms with E-state index >= 15 is 0 Å². The average Bonchev–Trinajstić information content (AvgIpc) is 2.37. The van der Waals surface area contributed by atoms with Gasteiger partial charge in [-0.1, -0.05) is 20.8 Å². The SMILES string of the molecule is CC(c1cc(F)ccc1F)N(C)C(=O)C(N)C(C)(C)C. The summed E-state index contributed by atoms with van der Waals surface area (Å²) in [6.07, 6.45) is 0. The molecule has 0 fully saturated rings. The number of hydrogen-bond acceptors (Lipinski definition) is 2. The van der Waals surface area contributed by atoms with E-state index in [0.717, 1.165) is 18.2 Å². The van der Waals surface area contributed by atoms with Gasteiger partial charge in [-0.05, 0) is 30.5 Å². The van der Waals surface area contributed by atoms with Gasteiger partial charge in [0.1, 0.15) is 11.6 Å². The molecule has 1 amide bonds. The molecule has 5 heteroatoms. The molecule has 0 aliphatic rings. The molecule has 1 aromatic carbocycles. The standard InChI is InChI=1S/C15H22F2N2O/c1-9(11-8-10(16)6-7-12(11)17)19(5)14(20)13(18)15(2,3)4/h6-9,13H,18H2,1-5H3. The van der Waals surface area contributed by atoms with Crippen molar-refractivity contribution in [2.45, 2.75) is 39.8 Å². The van der Waals surface area contributed by atoms with Crippen LogP contribution in [0.3, 0.4) is 0 Å². The minimum absolute atomic E-state index is 0.141. The van der Waals surface area contributed by atoms with Crippen molar-refractivity contribution >= 4 is 5.91 Å². The van der Waals surface area contributed by atoms with Crippen LogP contribution in [0.15, 0.2) is 18.2 Å². The molecule has 0 aliphatic heterocycles. The Labute approximate surface area is 118 Å². The van der Waals surface area contributed by atoms with Gasteiger partial charge in [0, 0.05) is 12.6 Å². The first-order valence-electron chi connectivity index (χ1n) is 6.53. The van der Waals surface area contributed by atoms with Crippen LogP contribution in [0.1, 0.15) is 39.3 Å². The second-order valence-electron chi connectivity index (χ2n) is 6.13. The Balaban J connectivity index is 2.99. The fourth-order valence-electron chi connectivity index (χ4n) is 1.82. The van der Waals surface area contributed by atoms with Crippen molar-refractivity contribution in [2.75, 3.05) is 7.05 Å². The second-order valence-corrected chi connectivity index (χ2v) is 6.13. The van der Waals surface area contributed by atoms with Crippen LogP contribution in [0.5, 0.6) is 0 Å². The summed E-state index contributed by atoms with van der Waals surface area (Å²) in [6, 6.07) is 1.92. The van der Waals surface area contributed by atoms with Crippen molar-refractivity contribution in [3.05, 3.63) is 35.4 Å². The predicted molar refractivity (Wildman–Crippen MR) is 75.0 cm³/mol. The highest BCUT2D eigenvalue weighted by Crippen LogP contribution is 2.26. The van der Waals surface area contributed by atoms with Gasteiger partial charge < -0.3 is 10.6 Å². The molecule has 0 heterocycles. The van der Waals surface area contributed by atoms with Gasteiger partial charge in [-0.2, -0.15) is 0 Å². The summed E-state index contributed by atoms with van der Waals surface area (Å²) in [4.78, 5) is 13.6. The lowest BCUT2D eigenvalue weighted by molar-refractivity contribution is -0.135. The number of halogens is 2. The number of nitrogens with two attached hydrogens (primary N) is 1. The van der Waals surface area contributed by atoms with Crippen LogP contribution in [-0.4, -0.2) is 23.9 Å². The molecule has 0 aliphatic carbocycles. The number of amides is 1. The molecule has 0 radical (unpaired) electrons. The third kappa shape index (κ3) is 3.54. The molecular formula is C15H22F2N2O. The molecule has 1 aromatic rings. The summed E-state index contributed by atoms with van der Waals surface area (Å²) in [5.74, 6) is -1.37. The maximum absolute atomic E-state index is 13.7. The molecule has 0 aromatic heterocycles. The smallest absolute Gasteiger partial charge is 0.240 e. The van der Waals surface area contributed by atoms with Gasteiger partial charge in [-0.15, -0.1) is 0 Å². The van der Waals surface area contributed by atoms with Crippen LogP contribution in [0.4, 0.5) is 8.78 Å². The highest BCUT2D eigenvalue weighted by molar-refractivity contribution is 5.82. The summed E-state index contributed by atoms with van der Waals surface area (Å²) in [5.41, 5.74) is 5.66. The van der Waals surface area contributed by atoms with Crippen molar-refractivity contribution in [1.82, 2.24) is 4.90 Å². The van der Waals surface area contributed by atoms with E-state index in [-0.39, 0.29) is 11.5 Å². The van der Waals surface area contributed by atoms with Crippen LogP contribution in [0.2, 0.25) is 0 Å². The Kier molecular flexibility index (Phi) is 4.86. The molecule has 2 atom stereocenters. The molecule has 1 rings (SSSR count). The zero-order chi connectivity index (χ0) is 15.7. The molecule has 0 saturated heterocycles. The Hall–Kier alpha value is -1.49. The number of hydrogen-bond donors (Lipinski definition) is 1. The van der Waals surface area contributed by atoms with Crippen LogP contribution in [-0.2, 0) is 4.79 Å². The van der Waals surface area contributed by atoms with E-state index in [2.05, 4.69) is 0 Å². The van der Waals surface area contributed by atoms with Crippen molar-refractivity contribution in [3.63, 3.8) is 0 Å². The molecule has 0 bridgehead atoms. The molecular weight excluding hydrogens is 262 g/mol. The number of likely N-dealkylation sites (N-methyl/N-ethyl adjacent to an activating group) is 1. The summed E-state index contributed by atoms with van der Waals surface area (Å²) in [5, 5.41) is 0. The highest BCUT2D eigenvalue weighted by Gasteiger charge is 2.32. The monoisotopic (exact) mass is 284 g/mol. The average molecular weight is 284 g/mol. The third-order valence-electron chi connectivity index (χ3n) is 3.54. The molecule has 20 heavy (non-hydrogen) atoms. The Bertz CT molecular complexity index is 497. The van der Waals surface area contributed by atoms with Gasteiger partial charge in [0.15, 0.2) is 0 Å². The molecule has 2 N–H and O–H groups in total. The Morgan fingerprint density at radius 2 is 1.85 bits per heavy atom. The van der Waals surface area contributed by atoms with Crippen LogP contribution in [0.25, 0.3) is 0 Å². The summed E-state index contributed by atoms with van der Waals surface area (Å²) in [7, 11) is 1.54. The first-order valence-corrected chi connectivity index (χ1v) is 6.53. The van der Waals surface area contributed by atoms with Crippen molar-refractivity contribution in [3.8, 4) is 0 Å². The predicted octanol–water partition coefficient (Wildman–Crippen LogP) is 2.86. The number of carbonyl (C=O) groups is 1. The molecule has 112 valence electrons. The quantitative estimate of drug-likeness (QED) is 0.927. The molecule has 2 unspecified atom stereocenters. The van der Waals surface area contributed by atoms with E-state index in [4.69, 9.17) is 5.73 Å². The number of benzene rings is 1. The fourth-order valence-corrected chi connectivity index (χ4v) is 1.82. The maximum Gasteiger partial charge on any atom is 0.240 e. The number of carbonyl (C=O) groups excluding carboxylic acids is 1. The lowest BCUT2D eigenvalue weighted by atomic mass is 9.86. The Morgan fingerprint density at radius 1 is 1.30 bits per heavy atom. The van der Waals surface area contributed by atoms with E-state index < -0.39 is 29.1 Å². The largest absolute Gasteiger partial charge is 0.338 e. The zero-order valence-electron chi connectivity index (χ0n) is 12.6. The van der Waals surface area contributed by atoms with Gasteiger partial charge in [-0.25, -0.2) is 8.78 Å². The van der Waals surface area contributed by atoms with Crippen molar-refractivity contribution in [2.24, 2.45) is 11.1 Å². The first-order chi connectivity index (χ1) is 9.05. The van der Waals surface area contributed by atoms with Crippen molar-refractivity contribution in [1.29, 1.82) is 0 Å². The third-order valence-corrected chi connectivity index (χ3v) is 3.54. The Morgan fingerprint density at radius 3 is 2.35 bits per heavy atom. The van der Waals surface area contributed by atoms with Crippen LogP contribution >= 0.6 is 0 Å². The molecule has 3 nitrogen and oxygen atoms in total. The zero-order valence-corrected chi connectivity index (χ0v) is 12.6. The van der Waals surface area contributed by atoms with Gasteiger partial charge >= 0.3 is 0 Å². The summed E-state index contributed by atoms with van der Waals surface area (Å²) >= 11 is 0. The summed E-state index contributed by atoms with van der Waals surface area (Å²) in [6.45, 7) is 7.22. The van der Waals surface area contributed by atoms with Crippen molar-refractivity contribution < 1.29 is 13.6 Å². The topological polar surface area (TPSA) is 46.3 Å². The normalized spacial score (nSPS) is 14.8. The highest BCUT2D eigenvalue weighted by atomic mass is 19.1. The number of rotatable bonds is 3. The number of nitrogens with zero attached hydrogens (tertiary/aromatic N) is 1. The molecule has 0 spiro atoms. The van der Waals surface area contributed by atoms with E-state index in [1.165, 1.54) is 4.90 Å². The second kappa shape index (κ2) is 5.87. The lowest BCUT2D eigenvalue weighted by Gasteiger charge is -2.33.